The normalized spacial score (nSPS) is 10.5. The van der Waals surface area contributed by atoms with Crippen LogP contribution in [0.25, 0.3) is 0 Å². The van der Waals surface area contributed by atoms with Crippen LogP contribution in [0.4, 0.5) is 0 Å². The Morgan fingerprint density at radius 2 is 2.05 bits per heavy atom. The number of carbonyl (C=O) groups excluding carboxylic acids is 1. The highest BCUT2D eigenvalue weighted by atomic mass is 35.5. The fraction of sp³-hybridized carbons (Fsp3) is 0.200. The molecule has 20 heavy (non-hydrogen) atoms. The van der Waals surface area contributed by atoms with E-state index in [1.807, 2.05) is 25.3 Å². The van der Waals surface area contributed by atoms with E-state index in [0.29, 0.717) is 17.1 Å². The Morgan fingerprint density at radius 1 is 1.30 bits per heavy atom. The number of amides is 1. The largest absolute Gasteiger partial charge is 0.366 e. The summed E-state index contributed by atoms with van der Waals surface area (Å²) in [6, 6.07) is 7.08. The monoisotopic (exact) mass is 289 g/mol. The lowest BCUT2D eigenvalue weighted by Gasteiger charge is -2.09. The minimum atomic E-state index is -0.473. The number of pyridine rings is 1. The molecule has 3 N–H and O–H groups in total. The highest BCUT2D eigenvalue weighted by Gasteiger charge is 2.05. The van der Waals surface area contributed by atoms with Gasteiger partial charge in [0.2, 0.25) is 5.91 Å². The first-order valence-electron chi connectivity index (χ1n) is 6.26. The summed E-state index contributed by atoms with van der Waals surface area (Å²) < 4.78 is 0. The van der Waals surface area contributed by atoms with Crippen molar-refractivity contribution in [1.29, 1.82) is 0 Å². The fourth-order valence-electron chi connectivity index (χ4n) is 1.88. The molecule has 0 spiro atoms. The average molecular weight is 290 g/mol. The summed E-state index contributed by atoms with van der Waals surface area (Å²) in [7, 11) is 0. The fourth-order valence-corrected chi connectivity index (χ4v) is 2.12. The maximum absolute atomic E-state index is 11.0. The molecule has 4 nitrogen and oxygen atoms in total. The van der Waals surface area contributed by atoms with Gasteiger partial charge < -0.3 is 11.1 Å². The first-order valence-corrected chi connectivity index (χ1v) is 6.64. The molecule has 0 aliphatic rings. The van der Waals surface area contributed by atoms with Gasteiger partial charge in [-0.05, 0) is 41.8 Å². The molecule has 0 radical (unpaired) electrons. The van der Waals surface area contributed by atoms with Gasteiger partial charge in [-0.15, -0.1) is 0 Å². The second-order valence-electron chi connectivity index (χ2n) is 4.58. The topological polar surface area (TPSA) is 68.0 Å². The maximum atomic E-state index is 11.0. The molecule has 2 aromatic rings. The number of hydrogen-bond acceptors (Lipinski definition) is 3. The Labute approximate surface area is 123 Å². The molecule has 0 aliphatic heterocycles. The van der Waals surface area contributed by atoms with E-state index in [1.54, 1.807) is 18.3 Å². The molecule has 0 aliphatic carbocycles. The minimum Gasteiger partial charge on any atom is -0.366 e. The zero-order chi connectivity index (χ0) is 14.5. The highest BCUT2D eigenvalue weighted by molar-refractivity contribution is 6.31. The van der Waals surface area contributed by atoms with Crippen LogP contribution >= 0.6 is 11.6 Å². The molecule has 0 atom stereocenters. The van der Waals surface area contributed by atoms with E-state index < -0.39 is 5.91 Å². The van der Waals surface area contributed by atoms with Crippen LogP contribution < -0.4 is 11.1 Å². The van der Waals surface area contributed by atoms with Crippen LogP contribution in [-0.4, -0.2) is 10.9 Å². The number of hydrogen-bond donors (Lipinski definition) is 2. The first kappa shape index (κ1) is 14.5. The van der Waals surface area contributed by atoms with E-state index >= 15 is 0 Å². The lowest BCUT2D eigenvalue weighted by molar-refractivity contribution is 0.100. The van der Waals surface area contributed by atoms with Crippen LogP contribution in [0.3, 0.4) is 0 Å². The van der Waals surface area contributed by atoms with E-state index in [0.717, 1.165) is 17.7 Å². The van der Waals surface area contributed by atoms with Crippen molar-refractivity contribution in [3.05, 3.63) is 63.9 Å². The van der Waals surface area contributed by atoms with Gasteiger partial charge in [-0.1, -0.05) is 17.7 Å². The van der Waals surface area contributed by atoms with Gasteiger partial charge in [0.15, 0.2) is 0 Å². The SMILES string of the molecule is Cc1cnccc1CNCc1ccc(C(N)=O)cc1Cl. The van der Waals surface area contributed by atoms with Crippen LogP contribution in [0, 0.1) is 6.92 Å². The molecule has 1 aromatic carbocycles. The Morgan fingerprint density at radius 3 is 2.70 bits per heavy atom. The molecule has 2 rings (SSSR count). The van der Waals surface area contributed by atoms with Gasteiger partial charge in [-0.3, -0.25) is 9.78 Å². The van der Waals surface area contributed by atoms with Gasteiger partial charge in [0.25, 0.3) is 0 Å². The summed E-state index contributed by atoms with van der Waals surface area (Å²) in [5.41, 5.74) is 8.91. The number of benzene rings is 1. The van der Waals surface area contributed by atoms with Gasteiger partial charge in [0, 0.05) is 36.1 Å². The summed E-state index contributed by atoms with van der Waals surface area (Å²) in [6.07, 6.45) is 3.62. The molecule has 0 bridgehead atoms. The van der Waals surface area contributed by atoms with Crippen LogP contribution in [0.5, 0.6) is 0 Å². The number of carbonyl (C=O) groups is 1. The Bertz CT molecular complexity index is 628. The van der Waals surface area contributed by atoms with E-state index in [1.165, 1.54) is 5.56 Å². The minimum absolute atomic E-state index is 0.420. The molecule has 1 amide bonds. The molecule has 104 valence electrons. The summed E-state index contributed by atoms with van der Waals surface area (Å²) in [6.45, 7) is 3.39. The Balaban J connectivity index is 1.98. The summed E-state index contributed by atoms with van der Waals surface area (Å²) in [5, 5.41) is 3.86. The molecule has 1 aromatic heterocycles. The number of primary amides is 1. The third kappa shape index (κ3) is 3.56. The van der Waals surface area contributed by atoms with Crippen molar-refractivity contribution in [1.82, 2.24) is 10.3 Å². The standard InChI is InChI=1S/C15H16ClN3O/c1-10-7-18-5-4-12(10)8-19-9-13-3-2-11(15(17)20)6-14(13)16/h2-7,19H,8-9H2,1H3,(H2,17,20). The number of nitrogens with one attached hydrogen (secondary N) is 1. The lowest BCUT2D eigenvalue weighted by Crippen LogP contribution is -2.15. The number of nitrogens with zero attached hydrogens (tertiary/aromatic N) is 1. The van der Waals surface area contributed by atoms with Crippen molar-refractivity contribution >= 4 is 17.5 Å². The number of nitrogens with two attached hydrogens (primary N) is 1. The molecule has 0 saturated carbocycles. The first-order chi connectivity index (χ1) is 9.58. The van der Waals surface area contributed by atoms with Crippen molar-refractivity contribution in [2.24, 2.45) is 5.73 Å². The summed E-state index contributed by atoms with van der Waals surface area (Å²) in [5.74, 6) is -0.473. The number of aromatic nitrogens is 1. The van der Waals surface area contributed by atoms with E-state index in [-0.39, 0.29) is 0 Å². The zero-order valence-electron chi connectivity index (χ0n) is 11.2. The smallest absolute Gasteiger partial charge is 0.248 e. The second kappa shape index (κ2) is 6.50. The average Bonchev–Trinajstić information content (AvgIpc) is 2.42. The molecule has 5 heteroatoms. The molecule has 0 unspecified atom stereocenters. The van der Waals surface area contributed by atoms with Gasteiger partial charge in [0.1, 0.15) is 0 Å². The second-order valence-corrected chi connectivity index (χ2v) is 4.98. The molecule has 1 heterocycles. The lowest BCUT2D eigenvalue weighted by atomic mass is 10.1. The molecular weight excluding hydrogens is 274 g/mol. The van der Waals surface area contributed by atoms with Gasteiger partial charge in [-0.25, -0.2) is 0 Å². The van der Waals surface area contributed by atoms with E-state index in [2.05, 4.69) is 10.3 Å². The van der Waals surface area contributed by atoms with Crippen molar-refractivity contribution in [3.63, 3.8) is 0 Å². The number of rotatable bonds is 5. The molecule has 0 saturated heterocycles. The van der Waals surface area contributed by atoms with Crippen LogP contribution in [0.15, 0.2) is 36.7 Å². The van der Waals surface area contributed by atoms with Crippen molar-refractivity contribution in [3.8, 4) is 0 Å². The third-order valence-electron chi connectivity index (χ3n) is 3.10. The number of halogens is 1. The van der Waals surface area contributed by atoms with Gasteiger partial charge >= 0.3 is 0 Å². The van der Waals surface area contributed by atoms with Gasteiger partial charge in [-0.2, -0.15) is 0 Å². The zero-order valence-corrected chi connectivity index (χ0v) is 11.9. The number of aryl methyl sites for hydroxylation is 1. The van der Waals surface area contributed by atoms with Gasteiger partial charge in [0.05, 0.1) is 0 Å². The Kier molecular flexibility index (Phi) is 4.71. The predicted molar refractivity (Wildman–Crippen MR) is 79.5 cm³/mol. The summed E-state index contributed by atoms with van der Waals surface area (Å²) in [4.78, 5) is 15.1. The molecular formula is C15H16ClN3O. The van der Waals surface area contributed by atoms with E-state index in [4.69, 9.17) is 17.3 Å². The van der Waals surface area contributed by atoms with Crippen molar-refractivity contribution in [2.45, 2.75) is 20.0 Å². The van der Waals surface area contributed by atoms with Crippen LogP contribution in [0.2, 0.25) is 5.02 Å². The van der Waals surface area contributed by atoms with Crippen LogP contribution in [-0.2, 0) is 13.1 Å². The third-order valence-corrected chi connectivity index (χ3v) is 3.46. The quantitative estimate of drug-likeness (QED) is 0.888. The Hall–Kier alpha value is -1.91. The molecule has 0 fully saturated rings. The predicted octanol–water partition coefficient (Wildman–Crippen LogP) is 2.43. The summed E-state index contributed by atoms with van der Waals surface area (Å²) >= 11 is 6.13. The van der Waals surface area contributed by atoms with Crippen molar-refractivity contribution in [2.75, 3.05) is 0 Å². The van der Waals surface area contributed by atoms with Crippen LogP contribution in [0.1, 0.15) is 27.0 Å². The maximum Gasteiger partial charge on any atom is 0.248 e. The van der Waals surface area contributed by atoms with Crippen molar-refractivity contribution < 1.29 is 4.79 Å². The highest BCUT2D eigenvalue weighted by Crippen LogP contribution is 2.18. The van der Waals surface area contributed by atoms with E-state index in [9.17, 15) is 4.79 Å².